The van der Waals surface area contributed by atoms with Crippen molar-refractivity contribution >= 4 is 17.5 Å². The fourth-order valence-electron chi connectivity index (χ4n) is 3.59. The van der Waals surface area contributed by atoms with Gasteiger partial charge in [-0.3, -0.25) is 4.79 Å². The van der Waals surface area contributed by atoms with Gasteiger partial charge in [-0.2, -0.15) is 13.2 Å². The summed E-state index contributed by atoms with van der Waals surface area (Å²) in [5, 5.41) is 3.50. The summed E-state index contributed by atoms with van der Waals surface area (Å²) in [6.45, 7) is 4.78. The second-order valence-corrected chi connectivity index (χ2v) is 9.19. The summed E-state index contributed by atoms with van der Waals surface area (Å²) in [5.74, 6) is -1.28. The summed E-state index contributed by atoms with van der Waals surface area (Å²) in [7, 11) is 0. The lowest BCUT2D eigenvalue weighted by atomic mass is 9.86. The highest BCUT2D eigenvalue weighted by Crippen LogP contribution is 2.30. The fraction of sp³-hybridized carbons (Fsp3) is 0.308. The van der Waals surface area contributed by atoms with E-state index in [9.17, 15) is 22.4 Å². The molecule has 4 nitrogen and oxygen atoms in total. The van der Waals surface area contributed by atoms with E-state index in [2.05, 4.69) is 10.3 Å². The van der Waals surface area contributed by atoms with E-state index in [1.807, 2.05) is 12.1 Å². The number of alkyl halides is 3. The molecule has 1 aromatic heterocycles. The Morgan fingerprint density at radius 3 is 2.34 bits per heavy atom. The molecule has 0 fully saturated rings. The Labute approximate surface area is 206 Å². The lowest BCUT2D eigenvalue weighted by molar-refractivity contribution is -0.138. The molecule has 0 saturated heterocycles. The number of carbonyl (C=O) groups is 1. The van der Waals surface area contributed by atoms with Gasteiger partial charge in [-0.15, -0.1) is 0 Å². The summed E-state index contributed by atoms with van der Waals surface area (Å²) in [5.41, 5.74) is -0.695. The number of nitrogens with one attached hydrogen (secondary N) is 1. The average Bonchev–Trinajstić information content (AvgIpc) is 2.78. The number of amides is 1. The van der Waals surface area contributed by atoms with Gasteiger partial charge in [0.1, 0.15) is 5.82 Å². The Balaban J connectivity index is 1.76. The molecule has 9 heteroatoms. The van der Waals surface area contributed by atoms with E-state index in [0.717, 1.165) is 17.7 Å². The van der Waals surface area contributed by atoms with Crippen LogP contribution < -0.4 is 10.1 Å². The van der Waals surface area contributed by atoms with E-state index in [1.54, 1.807) is 31.2 Å². The van der Waals surface area contributed by atoms with E-state index in [0.29, 0.717) is 23.2 Å². The maximum absolute atomic E-state index is 14.0. The van der Waals surface area contributed by atoms with Crippen molar-refractivity contribution in [3.8, 4) is 5.88 Å². The number of benzene rings is 2. The minimum Gasteiger partial charge on any atom is -0.462 e. The third-order valence-corrected chi connectivity index (χ3v) is 5.83. The minimum absolute atomic E-state index is 0.117. The molecule has 0 aliphatic heterocycles. The molecule has 3 rings (SSSR count). The van der Waals surface area contributed by atoms with Crippen LogP contribution >= 0.6 is 11.6 Å². The van der Waals surface area contributed by atoms with Crippen molar-refractivity contribution < 1.29 is 27.1 Å². The van der Waals surface area contributed by atoms with Gasteiger partial charge in [0.05, 0.1) is 5.56 Å². The first kappa shape index (κ1) is 26.5. The van der Waals surface area contributed by atoms with Crippen LogP contribution in [0.1, 0.15) is 43.4 Å². The quantitative estimate of drug-likeness (QED) is 0.350. The number of nitrogens with zero attached hydrogens (tertiary/aromatic N) is 1. The van der Waals surface area contributed by atoms with Crippen molar-refractivity contribution in [3.63, 3.8) is 0 Å². The lowest BCUT2D eigenvalue weighted by Crippen LogP contribution is -2.51. The number of ether oxygens (including phenoxy) is 1. The minimum atomic E-state index is -4.52. The van der Waals surface area contributed by atoms with Crippen molar-refractivity contribution in [1.29, 1.82) is 0 Å². The predicted molar refractivity (Wildman–Crippen MR) is 126 cm³/mol. The van der Waals surface area contributed by atoms with Crippen molar-refractivity contribution in [2.45, 2.75) is 50.9 Å². The van der Waals surface area contributed by atoms with Crippen molar-refractivity contribution in [1.82, 2.24) is 10.3 Å². The van der Waals surface area contributed by atoms with Crippen LogP contribution in [0.3, 0.4) is 0 Å². The zero-order valence-corrected chi connectivity index (χ0v) is 20.1. The van der Waals surface area contributed by atoms with Crippen LogP contribution in [0.2, 0.25) is 5.02 Å². The first-order valence-electron chi connectivity index (χ1n) is 10.9. The summed E-state index contributed by atoms with van der Waals surface area (Å²) in [6, 6.07) is 14.9. The molecule has 35 heavy (non-hydrogen) atoms. The third-order valence-electron chi connectivity index (χ3n) is 5.58. The maximum atomic E-state index is 14.0. The van der Waals surface area contributed by atoms with Crippen LogP contribution in [0.15, 0.2) is 66.9 Å². The van der Waals surface area contributed by atoms with Crippen LogP contribution in [0.5, 0.6) is 5.88 Å². The second kappa shape index (κ2) is 10.6. The van der Waals surface area contributed by atoms with Gasteiger partial charge in [-0.1, -0.05) is 35.9 Å². The monoisotopic (exact) mass is 508 g/mol. The van der Waals surface area contributed by atoms with Crippen LogP contribution in [-0.4, -0.2) is 22.5 Å². The molecule has 1 amide bonds. The molecule has 0 aliphatic rings. The van der Waals surface area contributed by atoms with Gasteiger partial charge in [-0.25, -0.2) is 9.37 Å². The number of carbonyl (C=O) groups excluding carboxylic acids is 1. The average molecular weight is 509 g/mol. The molecule has 0 spiro atoms. The Bertz CT molecular complexity index is 1150. The Hall–Kier alpha value is -3.13. The second-order valence-electron chi connectivity index (χ2n) is 8.75. The molecular weight excluding hydrogens is 484 g/mol. The number of rotatable bonds is 8. The Morgan fingerprint density at radius 2 is 1.77 bits per heavy atom. The summed E-state index contributed by atoms with van der Waals surface area (Å²) in [6.07, 6.45) is -3.37. The highest BCUT2D eigenvalue weighted by Gasteiger charge is 2.34. The molecule has 3 aromatic rings. The van der Waals surface area contributed by atoms with Crippen molar-refractivity contribution in [2.75, 3.05) is 0 Å². The van der Waals surface area contributed by atoms with Gasteiger partial charge in [0.2, 0.25) is 5.88 Å². The first-order valence-corrected chi connectivity index (χ1v) is 11.3. The predicted octanol–water partition coefficient (Wildman–Crippen LogP) is 6.58. The fourth-order valence-corrected chi connectivity index (χ4v) is 3.72. The largest absolute Gasteiger partial charge is 0.462 e. The van der Waals surface area contributed by atoms with E-state index >= 15 is 0 Å². The molecule has 1 heterocycles. The number of halogens is 5. The van der Waals surface area contributed by atoms with E-state index < -0.39 is 29.3 Å². The van der Waals surface area contributed by atoms with Gasteiger partial charge in [0.25, 0.3) is 5.91 Å². The van der Waals surface area contributed by atoms with Crippen LogP contribution in [0.4, 0.5) is 17.6 Å². The molecule has 0 aliphatic carbocycles. The molecule has 2 aromatic carbocycles. The molecule has 2 atom stereocenters. The lowest BCUT2D eigenvalue weighted by Gasteiger charge is -2.30. The number of hydrogen-bond donors (Lipinski definition) is 1. The van der Waals surface area contributed by atoms with Gasteiger partial charge in [-0.05, 0) is 68.7 Å². The van der Waals surface area contributed by atoms with Gasteiger partial charge < -0.3 is 10.1 Å². The molecule has 0 bridgehead atoms. The summed E-state index contributed by atoms with van der Waals surface area (Å²) < 4.78 is 57.9. The number of pyridine rings is 1. The van der Waals surface area contributed by atoms with Crippen LogP contribution in [0, 0.1) is 5.82 Å². The molecule has 186 valence electrons. The SMILES string of the molecule is CC(NC(=O)C(C)(C)Oc1ccc(C(F)(F)F)cn1)C(Cc1ccc(Cl)cc1)c1cccc(F)c1. The molecule has 0 saturated carbocycles. The Kier molecular flexibility index (Phi) is 8.05. The van der Waals surface area contributed by atoms with Crippen LogP contribution in [0.25, 0.3) is 0 Å². The number of hydrogen-bond acceptors (Lipinski definition) is 3. The highest BCUT2D eigenvalue weighted by atomic mass is 35.5. The first-order chi connectivity index (χ1) is 16.3. The summed E-state index contributed by atoms with van der Waals surface area (Å²) in [4.78, 5) is 16.7. The zero-order chi connectivity index (χ0) is 25.8. The number of aromatic nitrogens is 1. The van der Waals surface area contributed by atoms with Crippen molar-refractivity contribution in [2.24, 2.45) is 0 Å². The van der Waals surface area contributed by atoms with Gasteiger partial charge in [0.15, 0.2) is 5.60 Å². The standard InChI is InChI=1S/C26H25ClF4N2O2/c1-16(22(18-5-4-6-21(28)14-18)13-17-7-10-20(27)11-8-17)33-24(34)25(2,3)35-23-12-9-19(15-32-23)26(29,30)31/h4-12,14-16,22H,13H2,1-3H3,(H,33,34). The van der Waals surface area contributed by atoms with E-state index in [-0.39, 0.29) is 17.6 Å². The maximum Gasteiger partial charge on any atom is 0.417 e. The normalized spacial score (nSPS) is 13.7. The molecular formula is C26H25ClF4N2O2. The highest BCUT2D eigenvalue weighted by molar-refractivity contribution is 6.30. The van der Waals surface area contributed by atoms with Crippen molar-refractivity contribution in [3.05, 3.63) is 94.4 Å². The van der Waals surface area contributed by atoms with Crippen LogP contribution in [-0.2, 0) is 17.4 Å². The summed E-state index contributed by atoms with van der Waals surface area (Å²) >= 11 is 5.98. The van der Waals surface area contributed by atoms with Gasteiger partial charge >= 0.3 is 6.18 Å². The van der Waals surface area contributed by atoms with E-state index in [4.69, 9.17) is 16.3 Å². The Morgan fingerprint density at radius 1 is 1.09 bits per heavy atom. The zero-order valence-electron chi connectivity index (χ0n) is 19.4. The molecule has 2 unspecified atom stereocenters. The van der Waals surface area contributed by atoms with E-state index in [1.165, 1.54) is 26.0 Å². The molecule has 0 radical (unpaired) electrons. The topological polar surface area (TPSA) is 51.2 Å². The third kappa shape index (κ3) is 7.18. The molecule has 1 N–H and O–H groups in total. The smallest absolute Gasteiger partial charge is 0.417 e. The van der Waals surface area contributed by atoms with Gasteiger partial charge in [0, 0.05) is 29.2 Å².